The molecule has 0 aliphatic rings. The third-order valence-corrected chi connectivity index (χ3v) is 4.11. The summed E-state index contributed by atoms with van der Waals surface area (Å²) in [7, 11) is 0. The van der Waals surface area contributed by atoms with Crippen LogP contribution in [0.3, 0.4) is 0 Å². The van der Waals surface area contributed by atoms with Crippen molar-refractivity contribution in [3.05, 3.63) is 66.2 Å². The lowest BCUT2D eigenvalue weighted by Crippen LogP contribution is -2.08. The lowest BCUT2D eigenvalue weighted by Gasteiger charge is -2.16. The molecule has 1 unspecified atom stereocenters. The molecule has 2 aromatic rings. The molecule has 0 aromatic heterocycles. The fourth-order valence-electron chi connectivity index (χ4n) is 1.85. The van der Waals surface area contributed by atoms with Gasteiger partial charge in [-0.15, -0.1) is 0 Å². The monoisotopic (exact) mass is 446 g/mol. The molecule has 1 N–H and O–H groups in total. The number of rotatable bonds is 4. The largest absolute Gasteiger partial charge is 0.373 e. The minimum absolute atomic E-state index is 0.00752. The van der Waals surface area contributed by atoms with Gasteiger partial charge in [0.15, 0.2) is 0 Å². The Hall–Kier alpha value is -1.15. The van der Waals surface area contributed by atoms with Crippen molar-refractivity contribution in [3.63, 3.8) is 0 Å². The van der Waals surface area contributed by atoms with Crippen molar-refractivity contribution in [3.8, 4) is 0 Å². The standard InChI is InChI=1S/C14H12BrIN2O2/c1-9(10-2-5-12(16)6-3-10)17-13-7-4-11(15)8-14(13)18(19)20/h2-9,17H,1H3. The van der Waals surface area contributed by atoms with Gasteiger partial charge < -0.3 is 5.32 Å². The number of hydrogen-bond acceptors (Lipinski definition) is 3. The fourth-order valence-corrected chi connectivity index (χ4v) is 2.55. The Balaban J connectivity index is 2.25. The lowest BCUT2D eigenvalue weighted by atomic mass is 10.1. The van der Waals surface area contributed by atoms with Crippen LogP contribution in [0.15, 0.2) is 46.9 Å². The van der Waals surface area contributed by atoms with Gasteiger partial charge in [0.2, 0.25) is 0 Å². The van der Waals surface area contributed by atoms with E-state index in [0.29, 0.717) is 10.2 Å². The molecule has 0 radical (unpaired) electrons. The van der Waals surface area contributed by atoms with Crippen molar-refractivity contribution in [2.75, 3.05) is 5.32 Å². The van der Waals surface area contributed by atoms with E-state index in [-0.39, 0.29) is 16.7 Å². The highest BCUT2D eigenvalue weighted by atomic mass is 127. The smallest absolute Gasteiger partial charge is 0.293 e. The van der Waals surface area contributed by atoms with Crippen molar-refractivity contribution < 1.29 is 4.92 Å². The molecule has 0 saturated carbocycles. The van der Waals surface area contributed by atoms with E-state index in [1.54, 1.807) is 12.1 Å². The van der Waals surface area contributed by atoms with E-state index >= 15 is 0 Å². The normalized spacial score (nSPS) is 11.9. The van der Waals surface area contributed by atoms with Gasteiger partial charge in [-0.3, -0.25) is 10.1 Å². The van der Waals surface area contributed by atoms with Crippen LogP contribution >= 0.6 is 38.5 Å². The predicted octanol–water partition coefficient (Wildman–Crippen LogP) is 5.14. The van der Waals surface area contributed by atoms with Crippen LogP contribution in [-0.2, 0) is 0 Å². The average Bonchev–Trinajstić information content (AvgIpc) is 2.41. The van der Waals surface area contributed by atoms with E-state index in [1.807, 2.05) is 31.2 Å². The van der Waals surface area contributed by atoms with Gasteiger partial charge in [0.1, 0.15) is 5.69 Å². The first-order chi connectivity index (χ1) is 9.47. The Bertz CT molecular complexity index is 632. The van der Waals surface area contributed by atoms with E-state index in [9.17, 15) is 10.1 Å². The molecule has 104 valence electrons. The van der Waals surface area contributed by atoms with Crippen molar-refractivity contribution >= 4 is 49.9 Å². The maximum absolute atomic E-state index is 11.1. The van der Waals surface area contributed by atoms with E-state index < -0.39 is 0 Å². The van der Waals surface area contributed by atoms with Crippen LogP contribution < -0.4 is 5.32 Å². The maximum atomic E-state index is 11.1. The molecule has 0 spiro atoms. The Morgan fingerprint density at radius 2 is 1.90 bits per heavy atom. The van der Waals surface area contributed by atoms with Crippen molar-refractivity contribution in [1.29, 1.82) is 0 Å². The zero-order chi connectivity index (χ0) is 14.7. The summed E-state index contributed by atoms with van der Waals surface area (Å²) in [6.45, 7) is 1.98. The highest BCUT2D eigenvalue weighted by molar-refractivity contribution is 14.1. The molecule has 2 aromatic carbocycles. The third-order valence-electron chi connectivity index (χ3n) is 2.90. The summed E-state index contributed by atoms with van der Waals surface area (Å²) in [6, 6.07) is 13.1. The summed E-state index contributed by atoms with van der Waals surface area (Å²) in [5.41, 5.74) is 1.67. The Kier molecular flexibility index (Phi) is 4.98. The topological polar surface area (TPSA) is 55.2 Å². The highest BCUT2D eigenvalue weighted by Gasteiger charge is 2.16. The molecule has 0 amide bonds. The van der Waals surface area contributed by atoms with Crippen LogP contribution in [0.2, 0.25) is 0 Å². The third kappa shape index (κ3) is 3.69. The van der Waals surface area contributed by atoms with Gasteiger partial charge >= 0.3 is 0 Å². The number of halogens is 2. The van der Waals surface area contributed by atoms with Crippen LogP contribution in [0.25, 0.3) is 0 Å². The number of nitro groups is 1. The molecular formula is C14H12BrIN2O2. The summed E-state index contributed by atoms with van der Waals surface area (Å²) in [4.78, 5) is 10.7. The minimum atomic E-state index is -0.381. The van der Waals surface area contributed by atoms with Crippen LogP contribution in [0.1, 0.15) is 18.5 Å². The van der Waals surface area contributed by atoms with Crippen molar-refractivity contribution in [1.82, 2.24) is 0 Å². The maximum Gasteiger partial charge on any atom is 0.293 e. The molecule has 0 heterocycles. The minimum Gasteiger partial charge on any atom is -0.373 e. The van der Waals surface area contributed by atoms with Gasteiger partial charge in [-0.1, -0.05) is 28.1 Å². The van der Waals surface area contributed by atoms with Crippen LogP contribution in [0, 0.1) is 13.7 Å². The van der Waals surface area contributed by atoms with E-state index in [4.69, 9.17) is 0 Å². The quantitative estimate of drug-likeness (QED) is 0.402. The number of hydrogen-bond donors (Lipinski definition) is 1. The second-order valence-corrected chi connectivity index (χ2v) is 6.50. The van der Waals surface area contributed by atoms with Crippen molar-refractivity contribution in [2.45, 2.75) is 13.0 Å². The second kappa shape index (κ2) is 6.53. The fraction of sp³-hybridized carbons (Fsp3) is 0.143. The molecule has 0 aliphatic carbocycles. The van der Waals surface area contributed by atoms with Crippen LogP contribution in [0.4, 0.5) is 11.4 Å². The molecule has 6 heteroatoms. The number of nitrogens with one attached hydrogen (secondary N) is 1. The number of benzene rings is 2. The molecular weight excluding hydrogens is 435 g/mol. The van der Waals surface area contributed by atoms with Gasteiger partial charge in [0.05, 0.1) is 4.92 Å². The molecule has 0 fully saturated rings. The Labute approximate surface area is 139 Å². The molecule has 0 aliphatic heterocycles. The van der Waals surface area contributed by atoms with Gasteiger partial charge in [-0.2, -0.15) is 0 Å². The number of anilines is 1. The van der Waals surface area contributed by atoms with Gasteiger partial charge in [0, 0.05) is 20.2 Å². The van der Waals surface area contributed by atoms with E-state index in [1.165, 1.54) is 6.07 Å². The SMILES string of the molecule is CC(Nc1ccc(Br)cc1[N+](=O)[O-])c1ccc(I)cc1. The predicted molar refractivity (Wildman–Crippen MR) is 92.0 cm³/mol. The van der Waals surface area contributed by atoms with Gasteiger partial charge in [0.25, 0.3) is 5.69 Å². The molecule has 0 saturated heterocycles. The molecule has 0 bridgehead atoms. The summed E-state index contributed by atoms with van der Waals surface area (Å²) < 4.78 is 1.85. The Morgan fingerprint density at radius 3 is 2.50 bits per heavy atom. The lowest BCUT2D eigenvalue weighted by molar-refractivity contribution is -0.384. The summed E-state index contributed by atoms with van der Waals surface area (Å²) >= 11 is 5.50. The van der Waals surface area contributed by atoms with Crippen molar-refractivity contribution in [2.24, 2.45) is 0 Å². The first kappa shape index (κ1) is 15.2. The molecule has 1 atom stereocenters. The number of nitrogens with zero attached hydrogens (tertiary/aromatic N) is 1. The summed E-state index contributed by atoms with van der Waals surface area (Å²) in [5, 5.41) is 14.3. The zero-order valence-electron chi connectivity index (χ0n) is 10.6. The first-order valence-corrected chi connectivity index (χ1v) is 7.80. The Morgan fingerprint density at radius 1 is 1.25 bits per heavy atom. The van der Waals surface area contributed by atoms with Crippen LogP contribution in [0.5, 0.6) is 0 Å². The van der Waals surface area contributed by atoms with Crippen LogP contribution in [-0.4, -0.2) is 4.92 Å². The molecule has 2 rings (SSSR count). The van der Waals surface area contributed by atoms with Gasteiger partial charge in [-0.25, -0.2) is 0 Å². The summed E-state index contributed by atoms with van der Waals surface area (Å²) in [6.07, 6.45) is 0. The molecule has 20 heavy (non-hydrogen) atoms. The van der Waals surface area contributed by atoms with E-state index in [2.05, 4.69) is 43.8 Å². The first-order valence-electron chi connectivity index (χ1n) is 5.93. The average molecular weight is 447 g/mol. The number of nitro benzene ring substituents is 1. The molecule has 4 nitrogen and oxygen atoms in total. The highest BCUT2D eigenvalue weighted by Crippen LogP contribution is 2.31. The zero-order valence-corrected chi connectivity index (χ0v) is 14.4. The second-order valence-electron chi connectivity index (χ2n) is 4.34. The summed E-state index contributed by atoms with van der Waals surface area (Å²) in [5.74, 6) is 0. The van der Waals surface area contributed by atoms with Gasteiger partial charge in [-0.05, 0) is 59.3 Å². The van der Waals surface area contributed by atoms with E-state index in [0.717, 1.165) is 9.13 Å².